The van der Waals surface area contributed by atoms with Crippen LogP contribution in [-0.2, 0) is 11.2 Å². The molecular formula is C21H21FN4O3S. The van der Waals surface area contributed by atoms with E-state index in [2.05, 4.69) is 10.1 Å². The number of rotatable bonds is 5. The van der Waals surface area contributed by atoms with E-state index in [1.54, 1.807) is 30.0 Å². The molecule has 1 aromatic carbocycles. The zero-order chi connectivity index (χ0) is 21.5. The first kappa shape index (κ1) is 20.2. The van der Waals surface area contributed by atoms with Crippen molar-refractivity contribution < 1.29 is 18.5 Å². The van der Waals surface area contributed by atoms with E-state index < -0.39 is 11.3 Å². The average molecular weight is 428 g/mol. The molecule has 3 aromatic rings. The first-order valence-electron chi connectivity index (χ1n) is 9.52. The Kier molecular flexibility index (Phi) is 5.15. The number of aryl methyl sites for hydroxylation is 2. The molecule has 1 aliphatic rings. The zero-order valence-corrected chi connectivity index (χ0v) is 17.5. The van der Waals surface area contributed by atoms with Crippen molar-refractivity contribution in [3.8, 4) is 11.3 Å². The van der Waals surface area contributed by atoms with E-state index in [0.29, 0.717) is 40.6 Å². The minimum atomic E-state index is -0.928. The van der Waals surface area contributed by atoms with E-state index in [1.807, 2.05) is 6.92 Å². The maximum absolute atomic E-state index is 13.1. The fourth-order valence-electron chi connectivity index (χ4n) is 3.84. The number of carbonyl (C=O) groups excluding carboxylic acids is 2. The highest BCUT2D eigenvalue weighted by Crippen LogP contribution is 2.36. The van der Waals surface area contributed by atoms with E-state index in [1.165, 1.54) is 23.5 Å². The molecule has 156 valence electrons. The van der Waals surface area contributed by atoms with Crippen LogP contribution in [0.2, 0.25) is 0 Å². The number of hydrogen-bond acceptors (Lipinski definition) is 6. The van der Waals surface area contributed by atoms with Gasteiger partial charge in [-0.3, -0.25) is 9.59 Å². The Morgan fingerprint density at radius 1 is 1.30 bits per heavy atom. The van der Waals surface area contributed by atoms with Gasteiger partial charge in [-0.05, 0) is 44.5 Å². The van der Waals surface area contributed by atoms with Crippen molar-refractivity contribution in [2.45, 2.75) is 26.7 Å². The molecule has 0 radical (unpaired) electrons. The van der Waals surface area contributed by atoms with Crippen molar-refractivity contribution in [3.05, 3.63) is 57.5 Å². The maximum atomic E-state index is 13.1. The lowest BCUT2D eigenvalue weighted by molar-refractivity contribution is -0.127. The van der Waals surface area contributed by atoms with Crippen LogP contribution in [0.1, 0.15) is 32.6 Å². The first-order chi connectivity index (χ1) is 14.3. The number of primary amides is 1. The lowest BCUT2D eigenvalue weighted by Crippen LogP contribution is -2.42. The molecule has 1 aliphatic heterocycles. The van der Waals surface area contributed by atoms with Crippen LogP contribution in [0.15, 0.2) is 34.9 Å². The maximum Gasteiger partial charge on any atom is 0.265 e. The molecule has 0 aliphatic carbocycles. The van der Waals surface area contributed by atoms with Gasteiger partial charge in [-0.15, -0.1) is 11.3 Å². The lowest BCUT2D eigenvalue weighted by Gasteiger charge is -2.24. The van der Waals surface area contributed by atoms with Gasteiger partial charge in [0.15, 0.2) is 0 Å². The fraction of sp³-hybridized carbons (Fsp3) is 0.333. The predicted molar refractivity (Wildman–Crippen MR) is 109 cm³/mol. The van der Waals surface area contributed by atoms with Crippen molar-refractivity contribution in [1.29, 1.82) is 0 Å². The number of nitrogens with two attached hydrogens (primary N) is 1. The molecule has 1 saturated heterocycles. The Bertz CT molecular complexity index is 1110. The number of halogens is 1. The smallest absolute Gasteiger partial charge is 0.265 e. The van der Waals surface area contributed by atoms with Gasteiger partial charge < -0.3 is 15.2 Å². The SMILES string of the molecule is Cc1nc(C)c(C(=O)N2CC[C@](Cc3cc(-c4ccc(F)cc4)no3)(C(N)=O)C2)s1. The quantitative estimate of drug-likeness (QED) is 0.673. The zero-order valence-electron chi connectivity index (χ0n) is 16.6. The highest BCUT2D eigenvalue weighted by molar-refractivity contribution is 7.13. The monoisotopic (exact) mass is 428 g/mol. The van der Waals surface area contributed by atoms with E-state index in [9.17, 15) is 14.0 Å². The summed E-state index contributed by atoms with van der Waals surface area (Å²) >= 11 is 1.35. The Labute approximate surface area is 176 Å². The number of carbonyl (C=O) groups is 2. The summed E-state index contributed by atoms with van der Waals surface area (Å²) in [6, 6.07) is 7.63. The summed E-state index contributed by atoms with van der Waals surface area (Å²) in [5.41, 5.74) is 6.78. The van der Waals surface area contributed by atoms with E-state index in [4.69, 9.17) is 10.3 Å². The third-order valence-corrected chi connectivity index (χ3v) is 6.53. The summed E-state index contributed by atoms with van der Waals surface area (Å²) in [7, 11) is 0. The molecule has 30 heavy (non-hydrogen) atoms. The van der Waals surface area contributed by atoms with Gasteiger partial charge in [0, 0.05) is 31.1 Å². The molecule has 1 fully saturated rings. The highest BCUT2D eigenvalue weighted by Gasteiger charge is 2.46. The van der Waals surface area contributed by atoms with Gasteiger partial charge in [0.25, 0.3) is 5.91 Å². The highest BCUT2D eigenvalue weighted by atomic mass is 32.1. The number of likely N-dealkylation sites (tertiary alicyclic amines) is 1. The van der Waals surface area contributed by atoms with Gasteiger partial charge in [-0.25, -0.2) is 9.37 Å². The second-order valence-electron chi connectivity index (χ2n) is 7.63. The molecule has 3 heterocycles. The summed E-state index contributed by atoms with van der Waals surface area (Å²) in [6.45, 7) is 4.30. The Balaban J connectivity index is 1.53. The molecule has 0 saturated carbocycles. The van der Waals surface area contributed by atoms with Crippen LogP contribution in [0.4, 0.5) is 4.39 Å². The van der Waals surface area contributed by atoms with Crippen molar-refractivity contribution in [3.63, 3.8) is 0 Å². The van der Waals surface area contributed by atoms with Gasteiger partial charge in [-0.1, -0.05) is 5.16 Å². The Hall–Kier alpha value is -3.07. The second kappa shape index (κ2) is 7.64. The van der Waals surface area contributed by atoms with Crippen molar-refractivity contribution in [2.75, 3.05) is 13.1 Å². The number of hydrogen-bond donors (Lipinski definition) is 1. The van der Waals surface area contributed by atoms with Crippen LogP contribution in [0, 0.1) is 25.1 Å². The third-order valence-electron chi connectivity index (χ3n) is 5.47. The molecule has 1 atom stereocenters. The number of nitrogens with zero attached hydrogens (tertiary/aromatic N) is 3. The summed E-state index contributed by atoms with van der Waals surface area (Å²) in [6.07, 6.45) is 0.679. The van der Waals surface area contributed by atoms with Gasteiger partial charge >= 0.3 is 0 Å². The van der Waals surface area contributed by atoms with E-state index in [-0.39, 0.29) is 24.7 Å². The molecule has 0 spiro atoms. The first-order valence-corrected chi connectivity index (χ1v) is 10.3. The number of thiazole rings is 1. The normalized spacial score (nSPS) is 18.7. The van der Waals surface area contributed by atoms with E-state index in [0.717, 1.165) is 5.01 Å². The molecule has 0 unspecified atom stereocenters. The van der Waals surface area contributed by atoms with Crippen LogP contribution in [0.3, 0.4) is 0 Å². The van der Waals surface area contributed by atoms with Gasteiger partial charge in [-0.2, -0.15) is 0 Å². The topological polar surface area (TPSA) is 102 Å². The summed E-state index contributed by atoms with van der Waals surface area (Å²) in [5.74, 6) is -0.454. The van der Waals surface area contributed by atoms with Crippen molar-refractivity contribution in [1.82, 2.24) is 15.0 Å². The average Bonchev–Trinajstić information content (AvgIpc) is 3.42. The van der Waals surface area contributed by atoms with Crippen LogP contribution >= 0.6 is 11.3 Å². The summed E-state index contributed by atoms with van der Waals surface area (Å²) < 4.78 is 18.6. The number of amides is 2. The van der Waals surface area contributed by atoms with Crippen LogP contribution in [-0.4, -0.2) is 39.9 Å². The molecule has 7 nitrogen and oxygen atoms in total. The minimum absolute atomic E-state index is 0.134. The Morgan fingerprint density at radius 2 is 2.03 bits per heavy atom. The van der Waals surface area contributed by atoms with Gasteiger partial charge in [0.05, 0.1) is 16.1 Å². The molecule has 2 aromatic heterocycles. The standard InChI is InChI=1S/C21H21FN4O3S/c1-12-18(30-13(2)24-12)19(27)26-8-7-21(11-26,20(23)28)10-16-9-17(25-29-16)14-3-5-15(22)6-4-14/h3-6,9H,7-8,10-11H2,1-2H3,(H2,23,28)/t21-/m1/s1. The number of aromatic nitrogens is 2. The number of benzene rings is 1. The van der Waals surface area contributed by atoms with Crippen LogP contribution in [0.25, 0.3) is 11.3 Å². The molecular weight excluding hydrogens is 407 g/mol. The lowest BCUT2D eigenvalue weighted by atomic mass is 9.82. The van der Waals surface area contributed by atoms with Gasteiger partial charge in [0.1, 0.15) is 22.1 Å². The van der Waals surface area contributed by atoms with Crippen molar-refractivity contribution in [2.24, 2.45) is 11.1 Å². The van der Waals surface area contributed by atoms with Crippen molar-refractivity contribution >= 4 is 23.2 Å². The summed E-state index contributed by atoms with van der Waals surface area (Å²) in [5, 5.41) is 4.85. The van der Waals surface area contributed by atoms with Crippen LogP contribution in [0.5, 0.6) is 0 Å². The van der Waals surface area contributed by atoms with E-state index >= 15 is 0 Å². The minimum Gasteiger partial charge on any atom is -0.369 e. The third kappa shape index (κ3) is 3.72. The summed E-state index contributed by atoms with van der Waals surface area (Å²) in [4.78, 5) is 31.9. The van der Waals surface area contributed by atoms with Crippen LogP contribution < -0.4 is 5.73 Å². The molecule has 0 bridgehead atoms. The molecule has 9 heteroatoms. The second-order valence-corrected chi connectivity index (χ2v) is 8.83. The molecule has 4 rings (SSSR count). The van der Waals surface area contributed by atoms with Gasteiger partial charge in [0.2, 0.25) is 5.91 Å². The predicted octanol–water partition coefficient (Wildman–Crippen LogP) is 3.11. The Morgan fingerprint density at radius 3 is 2.67 bits per heavy atom. The molecule has 2 amide bonds. The molecule has 2 N–H and O–H groups in total. The largest absolute Gasteiger partial charge is 0.369 e. The fourth-order valence-corrected chi connectivity index (χ4v) is 4.73.